The van der Waals surface area contributed by atoms with E-state index in [1.807, 2.05) is 7.05 Å². The van der Waals surface area contributed by atoms with E-state index in [1.54, 1.807) is 0 Å². The summed E-state index contributed by atoms with van der Waals surface area (Å²) >= 11 is 0. The first-order chi connectivity index (χ1) is 6.86. The molecule has 2 nitrogen and oxygen atoms in total. The number of hydrogen-bond donors (Lipinski definition) is 1. The number of nitrogens with zero attached hydrogens (tertiary/aromatic N) is 1. The Bertz CT molecular complexity index is 233. The Morgan fingerprint density at radius 1 is 1.21 bits per heavy atom. The monoisotopic (exact) mass is 192 g/mol. The van der Waals surface area contributed by atoms with Gasteiger partial charge in [-0.3, -0.25) is 4.90 Å². The maximum absolute atomic E-state index is 3.18. The zero-order valence-corrected chi connectivity index (χ0v) is 9.16. The van der Waals surface area contributed by atoms with Gasteiger partial charge in [-0.05, 0) is 19.2 Å². The van der Waals surface area contributed by atoms with Crippen LogP contribution in [-0.2, 0) is 6.54 Å². The Morgan fingerprint density at radius 3 is 2.50 bits per heavy atom. The van der Waals surface area contributed by atoms with Crippen molar-refractivity contribution in [2.45, 2.75) is 13.5 Å². The van der Waals surface area contributed by atoms with Gasteiger partial charge in [0.15, 0.2) is 0 Å². The third-order valence-corrected chi connectivity index (χ3v) is 2.37. The highest BCUT2D eigenvalue weighted by Gasteiger charge is 2.01. The van der Waals surface area contributed by atoms with Crippen LogP contribution in [0.4, 0.5) is 0 Å². The van der Waals surface area contributed by atoms with Crippen molar-refractivity contribution in [3.63, 3.8) is 0 Å². The molecule has 2 heteroatoms. The SMILES string of the molecule is CCN(CCNC)Cc1ccccc1. The van der Waals surface area contributed by atoms with Gasteiger partial charge in [0.05, 0.1) is 0 Å². The minimum absolute atomic E-state index is 1.05. The molecule has 0 aromatic heterocycles. The van der Waals surface area contributed by atoms with Crippen molar-refractivity contribution >= 4 is 0 Å². The van der Waals surface area contributed by atoms with Gasteiger partial charge in [0.1, 0.15) is 0 Å². The molecule has 1 aromatic carbocycles. The molecule has 0 fully saturated rings. The molecule has 0 aliphatic heterocycles. The molecule has 0 unspecified atom stereocenters. The highest BCUT2D eigenvalue weighted by molar-refractivity contribution is 5.14. The number of nitrogens with one attached hydrogen (secondary N) is 1. The third kappa shape index (κ3) is 3.90. The molecular weight excluding hydrogens is 172 g/mol. The topological polar surface area (TPSA) is 15.3 Å². The lowest BCUT2D eigenvalue weighted by Crippen LogP contribution is -2.30. The first-order valence-corrected chi connectivity index (χ1v) is 5.27. The second-order valence-electron chi connectivity index (χ2n) is 3.46. The molecular formula is C12H20N2. The van der Waals surface area contributed by atoms with E-state index in [0.29, 0.717) is 0 Å². The maximum Gasteiger partial charge on any atom is 0.0234 e. The average Bonchev–Trinajstić information content (AvgIpc) is 2.25. The summed E-state index contributed by atoms with van der Waals surface area (Å²) in [6.07, 6.45) is 0. The summed E-state index contributed by atoms with van der Waals surface area (Å²) in [4.78, 5) is 2.44. The van der Waals surface area contributed by atoms with Crippen LogP contribution in [-0.4, -0.2) is 31.6 Å². The van der Waals surface area contributed by atoms with Gasteiger partial charge in [-0.25, -0.2) is 0 Å². The van der Waals surface area contributed by atoms with E-state index < -0.39 is 0 Å². The van der Waals surface area contributed by atoms with E-state index in [-0.39, 0.29) is 0 Å². The van der Waals surface area contributed by atoms with Crippen molar-refractivity contribution in [1.82, 2.24) is 10.2 Å². The molecule has 1 rings (SSSR count). The fraction of sp³-hybridized carbons (Fsp3) is 0.500. The second-order valence-corrected chi connectivity index (χ2v) is 3.46. The summed E-state index contributed by atoms with van der Waals surface area (Å²) in [7, 11) is 2.00. The van der Waals surface area contributed by atoms with Crippen LogP contribution in [0.5, 0.6) is 0 Å². The van der Waals surface area contributed by atoms with Crippen molar-refractivity contribution < 1.29 is 0 Å². The van der Waals surface area contributed by atoms with Gasteiger partial charge in [-0.15, -0.1) is 0 Å². The molecule has 0 saturated carbocycles. The average molecular weight is 192 g/mol. The molecule has 1 N–H and O–H groups in total. The van der Waals surface area contributed by atoms with Crippen molar-refractivity contribution in [2.24, 2.45) is 0 Å². The lowest BCUT2D eigenvalue weighted by atomic mass is 10.2. The fourth-order valence-corrected chi connectivity index (χ4v) is 1.46. The lowest BCUT2D eigenvalue weighted by molar-refractivity contribution is 0.282. The minimum Gasteiger partial charge on any atom is -0.318 e. The van der Waals surface area contributed by atoms with E-state index >= 15 is 0 Å². The van der Waals surface area contributed by atoms with Gasteiger partial charge >= 0.3 is 0 Å². The predicted octanol–water partition coefficient (Wildman–Crippen LogP) is 1.73. The second kappa shape index (κ2) is 6.57. The molecule has 14 heavy (non-hydrogen) atoms. The van der Waals surface area contributed by atoms with Crippen LogP contribution in [0.15, 0.2) is 30.3 Å². The van der Waals surface area contributed by atoms with Crippen LogP contribution in [0, 0.1) is 0 Å². The Hall–Kier alpha value is -0.860. The van der Waals surface area contributed by atoms with Gasteiger partial charge in [0, 0.05) is 19.6 Å². The zero-order valence-electron chi connectivity index (χ0n) is 9.16. The lowest BCUT2D eigenvalue weighted by Gasteiger charge is -2.20. The molecule has 0 bridgehead atoms. The third-order valence-electron chi connectivity index (χ3n) is 2.37. The van der Waals surface area contributed by atoms with E-state index in [1.165, 1.54) is 5.56 Å². The number of likely N-dealkylation sites (N-methyl/N-ethyl adjacent to an activating group) is 2. The highest BCUT2D eigenvalue weighted by Crippen LogP contribution is 2.03. The summed E-state index contributed by atoms with van der Waals surface area (Å²) in [6.45, 7) is 6.54. The Balaban J connectivity index is 2.40. The number of hydrogen-bond acceptors (Lipinski definition) is 2. The molecule has 0 aliphatic carbocycles. The smallest absolute Gasteiger partial charge is 0.0234 e. The van der Waals surface area contributed by atoms with E-state index in [2.05, 4.69) is 47.5 Å². The summed E-state index contributed by atoms with van der Waals surface area (Å²) in [6, 6.07) is 10.6. The molecule has 0 spiro atoms. The van der Waals surface area contributed by atoms with Crippen molar-refractivity contribution in [1.29, 1.82) is 0 Å². The van der Waals surface area contributed by atoms with Gasteiger partial charge in [0.2, 0.25) is 0 Å². The van der Waals surface area contributed by atoms with E-state index in [0.717, 1.165) is 26.2 Å². The molecule has 0 radical (unpaired) electrons. The van der Waals surface area contributed by atoms with Crippen LogP contribution in [0.3, 0.4) is 0 Å². The normalized spacial score (nSPS) is 10.8. The van der Waals surface area contributed by atoms with Crippen molar-refractivity contribution in [2.75, 3.05) is 26.7 Å². The Kier molecular flexibility index (Phi) is 5.27. The largest absolute Gasteiger partial charge is 0.318 e. The highest BCUT2D eigenvalue weighted by atomic mass is 15.1. The minimum atomic E-state index is 1.05. The van der Waals surface area contributed by atoms with Crippen LogP contribution in [0.1, 0.15) is 12.5 Å². The van der Waals surface area contributed by atoms with Crippen molar-refractivity contribution in [3.8, 4) is 0 Å². The summed E-state index contributed by atoms with van der Waals surface area (Å²) in [5, 5.41) is 3.18. The first-order valence-electron chi connectivity index (χ1n) is 5.27. The van der Waals surface area contributed by atoms with Gasteiger partial charge in [0.25, 0.3) is 0 Å². The van der Waals surface area contributed by atoms with Gasteiger partial charge in [-0.1, -0.05) is 37.3 Å². The summed E-state index contributed by atoms with van der Waals surface area (Å²) in [5.41, 5.74) is 1.39. The summed E-state index contributed by atoms with van der Waals surface area (Å²) < 4.78 is 0. The van der Waals surface area contributed by atoms with Gasteiger partial charge < -0.3 is 5.32 Å². The van der Waals surface area contributed by atoms with Gasteiger partial charge in [-0.2, -0.15) is 0 Å². The van der Waals surface area contributed by atoms with Crippen LogP contribution in [0.25, 0.3) is 0 Å². The van der Waals surface area contributed by atoms with E-state index in [9.17, 15) is 0 Å². The Labute approximate surface area is 86.9 Å². The number of benzene rings is 1. The zero-order chi connectivity index (χ0) is 10.2. The molecule has 0 heterocycles. The maximum atomic E-state index is 3.18. The molecule has 1 aromatic rings. The predicted molar refractivity (Wildman–Crippen MR) is 61.3 cm³/mol. The Morgan fingerprint density at radius 2 is 1.93 bits per heavy atom. The fourth-order valence-electron chi connectivity index (χ4n) is 1.46. The molecule has 78 valence electrons. The molecule has 0 atom stereocenters. The molecule has 0 amide bonds. The van der Waals surface area contributed by atoms with Crippen LogP contribution in [0.2, 0.25) is 0 Å². The molecule has 0 aliphatic rings. The van der Waals surface area contributed by atoms with E-state index in [4.69, 9.17) is 0 Å². The van der Waals surface area contributed by atoms with Crippen LogP contribution < -0.4 is 5.32 Å². The summed E-state index contributed by atoms with van der Waals surface area (Å²) in [5.74, 6) is 0. The van der Waals surface area contributed by atoms with Crippen LogP contribution >= 0.6 is 0 Å². The standard InChI is InChI=1S/C12H20N2/c1-3-14(10-9-13-2)11-12-7-5-4-6-8-12/h4-8,13H,3,9-11H2,1-2H3. The quantitative estimate of drug-likeness (QED) is 0.738. The number of rotatable bonds is 6. The molecule has 0 saturated heterocycles. The van der Waals surface area contributed by atoms with Crippen molar-refractivity contribution in [3.05, 3.63) is 35.9 Å². The first kappa shape index (κ1) is 11.2.